The lowest BCUT2D eigenvalue weighted by molar-refractivity contribution is -0.233. The summed E-state index contributed by atoms with van der Waals surface area (Å²) in [4.78, 5) is 163. The zero-order valence-electron chi connectivity index (χ0n) is 85.0. The molecule has 5 aliphatic carbocycles. The number of hydrogen-bond acceptors (Lipinski definition) is 30. The highest BCUT2D eigenvalue weighted by atomic mass is 32.2. The summed E-state index contributed by atoms with van der Waals surface area (Å²) >= 11 is 0. The smallest absolute Gasteiger partial charge is 0.407 e. The van der Waals surface area contributed by atoms with E-state index < -0.39 is 164 Å². The van der Waals surface area contributed by atoms with Gasteiger partial charge in [-0.05, 0) is 155 Å². The monoisotopic (exact) mass is 2100 g/mol. The number of fused-ring (bicyclic) bond motifs is 9. The maximum Gasteiger partial charge on any atom is 0.407 e. The van der Waals surface area contributed by atoms with E-state index in [1.807, 2.05) is 60.5 Å². The largest absolute Gasteiger partial charge is 0.445 e. The van der Waals surface area contributed by atoms with E-state index in [9.17, 15) is 71.1 Å². The van der Waals surface area contributed by atoms with Crippen LogP contribution in [0.15, 0.2) is 108 Å². The number of Topliss-reactive ketones (excluding diaryl/α,β-unsaturated/α-hetero) is 1. The van der Waals surface area contributed by atoms with Gasteiger partial charge in [0.1, 0.15) is 43.6 Å². The van der Waals surface area contributed by atoms with E-state index in [1.165, 1.54) is 31.2 Å². The minimum Gasteiger partial charge on any atom is -0.445 e. The van der Waals surface area contributed by atoms with Gasteiger partial charge in [-0.3, -0.25) is 57.5 Å². The zero-order chi connectivity index (χ0) is 106. The Bertz CT molecular complexity index is 5270. The lowest BCUT2D eigenvalue weighted by Crippen LogP contribution is -2.71. The molecule has 4 fully saturated rings. The molecule has 816 valence electrons. The molecule has 11 rings (SSSR count). The number of benzene rings is 3. The first-order valence-electron chi connectivity index (χ1n) is 51.2. The van der Waals surface area contributed by atoms with Gasteiger partial charge in [-0.25, -0.2) is 18.4 Å². The fourth-order valence-corrected chi connectivity index (χ4v) is 20.5. The number of aliphatic hydroxyl groups is 1. The predicted octanol–water partition coefficient (Wildman–Crippen LogP) is 5.12. The fraction of sp³-hybridized carbons (Fsp3) is 0.631. The molecule has 0 radical (unpaired) electrons. The van der Waals surface area contributed by atoms with Crippen molar-refractivity contribution >= 4 is 92.4 Å². The van der Waals surface area contributed by atoms with Crippen molar-refractivity contribution in [2.45, 2.75) is 230 Å². The summed E-state index contributed by atoms with van der Waals surface area (Å²) in [5.74, 6) is -1.76. The number of hydrazine groups is 2. The molecule has 0 spiro atoms. The number of alkyl carbamates (subject to hydrolysis) is 1. The van der Waals surface area contributed by atoms with Crippen LogP contribution in [0.2, 0.25) is 0 Å². The van der Waals surface area contributed by atoms with Crippen LogP contribution >= 0.6 is 0 Å². The highest BCUT2D eigenvalue weighted by molar-refractivity contribution is 7.85. The van der Waals surface area contributed by atoms with Gasteiger partial charge >= 0.3 is 12.1 Å². The molecule has 148 heavy (non-hydrogen) atoms. The number of ether oxygens (including phenoxy) is 12. The number of urea groups is 1. The molecule has 3 aromatic carbocycles. The second-order valence-corrected chi connectivity index (χ2v) is 40.0. The van der Waals surface area contributed by atoms with Crippen LogP contribution in [-0.4, -0.2) is 312 Å². The first-order valence-corrected chi connectivity index (χ1v) is 52.8. The van der Waals surface area contributed by atoms with Crippen LogP contribution in [0.1, 0.15) is 179 Å². The minimum absolute atomic E-state index is 0.000947. The van der Waals surface area contributed by atoms with Gasteiger partial charge in [0.05, 0.1) is 160 Å². The Balaban J connectivity index is 0.621. The van der Waals surface area contributed by atoms with Gasteiger partial charge in [0.2, 0.25) is 47.3 Å². The third-order valence-corrected chi connectivity index (χ3v) is 28.5. The number of primary amides is 1. The van der Waals surface area contributed by atoms with E-state index in [4.69, 9.17) is 67.1 Å². The number of halogens is 2. The summed E-state index contributed by atoms with van der Waals surface area (Å²) in [6, 6.07) is 16.6. The lowest BCUT2D eigenvalue weighted by Gasteiger charge is -2.63. The molecule has 3 heterocycles. The van der Waals surface area contributed by atoms with Gasteiger partial charge in [0.15, 0.2) is 29.1 Å². The SMILES string of the molecule is CCCC1O[C@@H]2C[C@H]3[C@@H]4C[C@H](F)C5=CC(=O)C=C[C@]5(C)[C@@]4(F)[C@@H](O)C[C@]3(C)[C@]2(C(=O)CNC(=O)OCc2ccc(NC(=O)[C@H](CCCNC(N)=O)NC(=O)[C@@H](NC(=O)[C@@H](CCCCNC(=O)COC3CCCCCC4=C3NNN4CCOCCOCCOCCOCCC(=O)NCCS(=O)(=O)O)NC(=O)CCOCCOCCOCCOCCNC(=O)CCC(=O)N3Cc4ccccc4C#Cc4ccccc43)C(C)C)cc2)O1. The van der Waals surface area contributed by atoms with E-state index in [2.05, 4.69) is 70.7 Å². The quantitative estimate of drug-likeness (QED) is 0.0198. The number of carbonyl (C=O) groups excluding carboxylic acids is 12. The average molecular weight is 2100 g/mol. The first-order chi connectivity index (χ1) is 71.1. The van der Waals surface area contributed by atoms with Crippen LogP contribution in [0.5, 0.6) is 0 Å². The van der Waals surface area contributed by atoms with Crippen LogP contribution in [0.25, 0.3) is 0 Å². The number of unbranched alkanes of at least 4 members (excludes halogenated alkanes) is 1. The Morgan fingerprint density at radius 3 is 1.95 bits per heavy atom. The van der Waals surface area contributed by atoms with Gasteiger partial charge < -0.3 is 126 Å². The van der Waals surface area contributed by atoms with E-state index in [-0.39, 0.29) is 205 Å². The van der Waals surface area contributed by atoms with E-state index >= 15 is 8.78 Å². The number of nitrogens with zero attached hydrogens (tertiary/aromatic N) is 2. The summed E-state index contributed by atoms with van der Waals surface area (Å²) in [7, 11) is -4.17. The summed E-state index contributed by atoms with van der Waals surface area (Å²) < 4.78 is 135. The molecule has 3 aliphatic heterocycles. The third-order valence-electron chi connectivity index (χ3n) is 27.8. The Hall–Kier alpha value is -11.1. The highest BCUT2D eigenvalue weighted by Crippen LogP contribution is 2.72. The van der Waals surface area contributed by atoms with E-state index in [1.54, 1.807) is 37.8 Å². The Kier molecular flexibility index (Phi) is 46.2. The molecule has 1 saturated heterocycles. The van der Waals surface area contributed by atoms with Crippen LogP contribution in [0, 0.1) is 40.4 Å². The van der Waals surface area contributed by atoms with Crippen LogP contribution in [0.3, 0.4) is 0 Å². The molecule has 42 nitrogen and oxygen atoms in total. The molecule has 15 N–H and O–H groups in total. The maximum absolute atomic E-state index is 18.1. The van der Waals surface area contributed by atoms with Crippen molar-refractivity contribution in [1.82, 2.24) is 58.5 Å². The number of para-hydroxylation sites is 1. The zero-order valence-corrected chi connectivity index (χ0v) is 85.8. The van der Waals surface area contributed by atoms with Crippen molar-refractivity contribution in [2.75, 3.05) is 168 Å². The number of aliphatic hydroxyl groups excluding tert-OH is 1. The number of amides is 11. The van der Waals surface area contributed by atoms with Crippen molar-refractivity contribution in [3.63, 3.8) is 0 Å². The minimum atomic E-state index is -4.17. The number of ketones is 2. The van der Waals surface area contributed by atoms with Crippen molar-refractivity contribution in [3.8, 4) is 11.8 Å². The standard InChI is InChI=1S/C103H146F2N14O28S/c1-6-17-92-146-86-62-75-76-61-78(104)77-60-74(120)34-37-100(77,4)102(76,105)84(121)63-101(75,5)103(86,147-92)85(122)64-111-99(132)145-66-69-26-30-73(31-27-69)112-95(128)80(22-16-39-110-98(106)131)114-97(130)93(68(2)3)115-96(129)79(113-89(125)36-44-137-48-52-141-55-57-142-53-49-138-45-40-108-87(123)32-33-91(127)118-65-72-20-11-10-18-70(72)28-29-71-19-12-13-23-81(71)118)21-14-15-38-107-90(126)67-144-83-25-9-7-8-24-82-94(83)116-117-119(82)42-46-139-50-54-143-58-56-140-51-47-136-43-35-88(124)109-41-59-148(133,134)135/h10-13,18-20,23,26-27,30-31,34,37,60,68,75-76,78-80,83-84,86,92-93,116-117,121H,6-9,14-17,21-22,24-25,32-33,35-36,38-59,61-67H2,1-5H3,(H,107,126)(H,108,123)(H,109,124)(H,111,132)(H,112,128)(H,113,125)(H,114,130)(H,115,129)(H3,106,110,131)(H,133,134,135)/t75-,76-,78-,79+,80-,83?,84-,86+,92?,93-,100-,101-,102-,103+/m0/s1. The van der Waals surface area contributed by atoms with Crippen LogP contribution < -0.4 is 69.4 Å². The molecule has 8 aliphatic rings. The molecule has 3 saturated carbocycles. The Morgan fingerprint density at radius 2 is 1.26 bits per heavy atom. The van der Waals surface area contributed by atoms with E-state index in [0.717, 1.165) is 59.8 Å². The second kappa shape index (κ2) is 58.4. The molecule has 0 bridgehead atoms. The number of rotatable bonds is 63. The normalized spacial score (nSPS) is 23.1. The second-order valence-electron chi connectivity index (χ2n) is 38.5. The van der Waals surface area contributed by atoms with Gasteiger partial charge in [-0.2, -0.15) is 8.42 Å². The van der Waals surface area contributed by atoms with Crippen molar-refractivity contribution in [1.29, 1.82) is 0 Å². The van der Waals surface area contributed by atoms with Gasteiger partial charge in [-0.15, -0.1) is 5.53 Å². The van der Waals surface area contributed by atoms with Gasteiger partial charge in [0, 0.05) is 85.4 Å². The topological polar surface area (TPSA) is 555 Å². The van der Waals surface area contributed by atoms with Crippen molar-refractivity contribution in [2.24, 2.45) is 34.3 Å². The molecule has 14 atom stereocenters. The lowest BCUT2D eigenvalue weighted by atomic mass is 9.44. The van der Waals surface area contributed by atoms with Gasteiger partial charge in [0.25, 0.3) is 10.1 Å². The van der Waals surface area contributed by atoms with Crippen LogP contribution in [0.4, 0.5) is 29.7 Å². The predicted molar refractivity (Wildman–Crippen MR) is 534 cm³/mol. The molecular formula is C103H146F2N14O28S. The van der Waals surface area contributed by atoms with Gasteiger partial charge in [-0.1, -0.05) is 107 Å². The molecular weight excluding hydrogens is 1950 g/mol. The number of allylic oxidation sites excluding steroid dienone is 5. The first kappa shape index (κ1) is 117. The summed E-state index contributed by atoms with van der Waals surface area (Å²) in [6.45, 7) is 12.0. The molecule has 3 aromatic rings. The van der Waals surface area contributed by atoms with Crippen molar-refractivity contribution in [3.05, 3.63) is 130 Å². The molecule has 45 heteroatoms. The molecule has 0 aromatic heterocycles. The highest BCUT2D eigenvalue weighted by Gasteiger charge is 2.80. The van der Waals surface area contributed by atoms with Crippen LogP contribution in [-0.2, 0) is 128 Å². The maximum atomic E-state index is 18.1. The van der Waals surface area contributed by atoms with Crippen molar-refractivity contribution < 1.29 is 141 Å². The Morgan fingerprint density at radius 1 is 0.649 bits per heavy atom. The number of carbonyl (C=O) groups is 12. The number of anilines is 2. The Labute approximate surface area is 861 Å². The summed E-state index contributed by atoms with van der Waals surface area (Å²) in [5, 5.41) is 38.3. The number of nitrogens with one attached hydrogen (secondary N) is 11. The number of alkyl halides is 2. The summed E-state index contributed by atoms with van der Waals surface area (Å²) in [6.07, 6.45) is 2.27. The third kappa shape index (κ3) is 33.5. The van der Waals surface area contributed by atoms with E-state index in [0.29, 0.717) is 89.5 Å². The summed E-state index contributed by atoms with van der Waals surface area (Å²) in [5.41, 5.74) is 10.3. The fourth-order valence-electron chi connectivity index (χ4n) is 20.2. The number of hydrogen-bond donors (Lipinski definition) is 14. The molecule has 11 amide bonds. The molecule has 2 unspecified atom stereocenters. The number of nitrogens with two attached hydrogens (primary N) is 1. The average Bonchev–Trinajstić information content (AvgIpc) is 1.47.